The summed E-state index contributed by atoms with van der Waals surface area (Å²) >= 11 is 0. The van der Waals surface area contributed by atoms with Crippen molar-refractivity contribution in [2.75, 3.05) is 40.3 Å². The van der Waals surface area contributed by atoms with E-state index in [0.717, 1.165) is 44.3 Å². The minimum absolute atomic E-state index is 0. The standard InChI is InChI=1S/C14H25N7O.HI/c1-4-15-14(16-9-12(22)20(2)3)21-7-5-11(6-8-21)13-17-10-18-19-13;/h10-11H,4-9H2,1-3H3,(H,15,16)(H,17,18,19);1H. The molecule has 0 bridgehead atoms. The van der Waals surface area contributed by atoms with Gasteiger partial charge in [0.1, 0.15) is 18.7 Å². The van der Waals surface area contributed by atoms with Gasteiger partial charge >= 0.3 is 0 Å². The molecule has 0 aliphatic carbocycles. The maximum Gasteiger partial charge on any atom is 0.243 e. The first-order chi connectivity index (χ1) is 10.6. The van der Waals surface area contributed by atoms with Crippen LogP contribution in [0.5, 0.6) is 0 Å². The molecule has 1 aromatic rings. The Labute approximate surface area is 154 Å². The van der Waals surface area contributed by atoms with E-state index in [9.17, 15) is 4.79 Å². The van der Waals surface area contributed by atoms with E-state index >= 15 is 0 Å². The van der Waals surface area contributed by atoms with E-state index in [1.54, 1.807) is 25.3 Å². The predicted molar refractivity (Wildman–Crippen MR) is 100 cm³/mol. The third-order valence-corrected chi connectivity index (χ3v) is 3.81. The van der Waals surface area contributed by atoms with Crippen LogP contribution in [-0.4, -0.2) is 77.1 Å². The van der Waals surface area contributed by atoms with Crippen molar-refractivity contribution in [3.8, 4) is 0 Å². The van der Waals surface area contributed by atoms with Crippen molar-refractivity contribution in [2.45, 2.75) is 25.7 Å². The summed E-state index contributed by atoms with van der Waals surface area (Å²) in [6.07, 6.45) is 3.56. The number of hydrogen-bond acceptors (Lipinski definition) is 4. The Morgan fingerprint density at radius 1 is 1.48 bits per heavy atom. The zero-order valence-corrected chi connectivity index (χ0v) is 16.3. The lowest BCUT2D eigenvalue weighted by Gasteiger charge is -2.33. The van der Waals surface area contributed by atoms with Crippen molar-refractivity contribution in [1.29, 1.82) is 0 Å². The number of aromatic amines is 1. The van der Waals surface area contributed by atoms with E-state index in [-0.39, 0.29) is 36.4 Å². The number of piperidine rings is 1. The van der Waals surface area contributed by atoms with Gasteiger partial charge in [-0.15, -0.1) is 24.0 Å². The molecular formula is C14H26IN7O. The number of nitrogens with one attached hydrogen (secondary N) is 2. The molecule has 0 saturated carbocycles. The number of carbonyl (C=O) groups excluding carboxylic acids is 1. The summed E-state index contributed by atoms with van der Waals surface area (Å²) in [6.45, 7) is 4.79. The van der Waals surface area contributed by atoms with Crippen molar-refractivity contribution >= 4 is 35.8 Å². The molecule has 1 fully saturated rings. The molecule has 0 atom stereocenters. The smallest absolute Gasteiger partial charge is 0.243 e. The van der Waals surface area contributed by atoms with Crippen LogP contribution >= 0.6 is 24.0 Å². The number of likely N-dealkylation sites (N-methyl/N-ethyl adjacent to an activating group) is 1. The Hall–Kier alpha value is -1.39. The van der Waals surface area contributed by atoms with Gasteiger partial charge in [0, 0.05) is 39.6 Å². The normalized spacial score (nSPS) is 16.0. The average molecular weight is 435 g/mol. The quantitative estimate of drug-likeness (QED) is 0.412. The van der Waals surface area contributed by atoms with Crippen LogP contribution in [0, 0.1) is 0 Å². The third kappa shape index (κ3) is 5.63. The topological polar surface area (TPSA) is 89.5 Å². The van der Waals surface area contributed by atoms with Crippen LogP contribution in [0.4, 0.5) is 0 Å². The van der Waals surface area contributed by atoms with Gasteiger partial charge in [-0.1, -0.05) is 0 Å². The second-order valence-electron chi connectivity index (χ2n) is 5.59. The largest absolute Gasteiger partial charge is 0.357 e. The van der Waals surface area contributed by atoms with Crippen molar-refractivity contribution < 1.29 is 4.79 Å². The zero-order valence-electron chi connectivity index (χ0n) is 13.9. The summed E-state index contributed by atoms with van der Waals surface area (Å²) < 4.78 is 0. The number of nitrogens with zero attached hydrogens (tertiary/aromatic N) is 5. The van der Waals surface area contributed by atoms with E-state index in [4.69, 9.17) is 0 Å². The number of aliphatic imine (C=N–C) groups is 1. The zero-order chi connectivity index (χ0) is 15.9. The number of H-pyrrole nitrogens is 1. The van der Waals surface area contributed by atoms with Crippen LogP contribution in [0.1, 0.15) is 31.5 Å². The molecule has 23 heavy (non-hydrogen) atoms. The molecule has 2 heterocycles. The highest BCUT2D eigenvalue weighted by molar-refractivity contribution is 14.0. The van der Waals surface area contributed by atoms with Crippen molar-refractivity contribution in [2.24, 2.45) is 4.99 Å². The molecule has 0 unspecified atom stereocenters. The molecule has 1 saturated heterocycles. The highest BCUT2D eigenvalue weighted by Gasteiger charge is 2.24. The Bertz CT molecular complexity index is 495. The van der Waals surface area contributed by atoms with Crippen LogP contribution in [0.15, 0.2) is 11.3 Å². The van der Waals surface area contributed by atoms with Gasteiger partial charge < -0.3 is 15.1 Å². The molecule has 8 nitrogen and oxygen atoms in total. The molecule has 0 aromatic carbocycles. The molecule has 1 aliphatic heterocycles. The molecular weight excluding hydrogens is 409 g/mol. The molecule has 130 valence electrons. The van der Waals surface area contributed by atoms with Crippen molar-refractivity contribution in [1.82, 2.24) is 30.3 Å². The van der Waals surface area contributed by atoms with Crippen molar-refractivity contribution in [3.05, 3.63) is 12.2 Å². The summed E-state index contributed by atoms with van der Waals surface area (Å²) in [5.41, 5.74) is 0. The first-order valence-corrected chi connectivity index (χ1v) is 7.70. The molecule has 1 aromatic heterocycles. The number of rotatable bonds is 4. The Morgan fingerprint density at radius 3 is 2.70 bits per heavy atom. The van der Waals surface area contributed by atoms with E-state index in [0.29, 0.717) is 5.92 Å². The number of carbonyl (C=O) groups is 1. The predicted octanol–water partition coefficient (Wildman–Crippen LogP) is 0.656. The number of amides is 1. The second-order valence-corrected chi connectivity index (χ2v) is 5.59. The third-order valence-electron chi connectivity index (χ3n) is 3.81. The molecule has 1 amide bonds. The molecule has 0 spiro atoms. The fraction of sp³-hybridized carbons (Fsp3) is 0.714. The summed E-state index contributed by atoms with van der Waals surface area (Å²) in [7, 11) is 3.49. The summed E-state index contributed by atoms with van der Waals surface area (Å²) in [5, 5.41) is 10.1. The maximum atomic E-state index is 11.7. The summed E-state index contributed by atoms with van der Waals surface area (Å²) in [6, 6.07) is 0. The Balaban J connectivity index is 0.00000264. The fourth-order valence-electron chi connectivity index (χ4n) is 2.49. The lowest BCUT2D eigenvalue weighted by molar-refractivity contribution is -0.127. The van der Waals surface area contributed by atoms with Gasteiger partial charge in [-0.05, 0) is 19.8 Å². The fourth-order valence-corrected chi connectivity index (χ4v) is 2.49. The van der Waals surface area contributed by atoms with Gasteiger partial charge in [0.05, 0.1) is 0 Å². The molecule has 0 radical (unpaired) electrons. The summed E-state index contributed by atoms with van der Waals surface area (Å²) in [4.78, 5) is 24.2. The molecule has 2 N–H and O–H groups in total. The monoisotopic (exact) mass is 435 g/mol. The number of likely N-dealkylation sites (tertiary alicyclic amines) is 1. The van der Waals surface area contributed by atoms with Crippen LogP contribution in [0.25, 0.3) is 0 Å². The summed E-state index contributed by atoms with van der Waals surface area (Å²) in [5.74, 6) is 2.20. The van der Waals surface area contributed by atoms with E-state index in [1.807, 2.05) is 6.92 Å². The van der Waals surface area contributed by atoms with Gasteiger partial charge in [0.15, 0.2) is 5.96 Å². The van der Waals surface area contributed by atoms with Gasteiger partial charge in [-0.3, -0.25) is 9.89 Å². The number of halogens is 1. The van der Waals surface area contributed by atoms with E-state index in [2.05, 4.69) is 30.4 Å². The first kappa shape index (κ1) is 19.7. The van der Waals surface area contributed by atoms with Gasteiger partial charge in [-0.25, -0.2) is 9.98 Å². The van der Waals surface area contributed by atoms with Crippen LogP contribution < -0.4 is 5.32 Å². The van der Waals surface area contributed by atoms with Crippen LogP contribution in [-0.2, 0) is 4.79 Å². The molecule has 9 heteroatoms. The maximum absolute atomic E-state index is 11.7. The second kappa shape index (κ2) is 9.68. The molecule has 2 rings (SSSR count). The SMILES string of the molecule is CCNC(=NCC(=O)N(C)C)N1CCC(c2ncn[nH]2)CC1.I. The average Bonchev–Trinajstić information content (AvgIpc) is 3.05. The number of guanidine groups is 1. The Morgan fingerprint density at radius 2 is 2.17 bits per heavy atom. The van der Waals surface area contributed by atoms with Crippen LogP contribution in [0.2, 0.25) is 0 Å². The van der Waals surface area contributed by atoms with E-state index < -0.39 is 0 Å². The van der Waals surface area contributed by atoms with Gasteiger partial charge in [0.25, 0.3) is 0 Å². The van der Waals surface area contributed by atoms with Gasteiger partial charge in [0.2, 0.25) is 5.91 Å². The number of aromatic nitrogens is 3. The lowest BCUT2D eigenvalue weighted by Crippen LogP contribution is -2.45. The minimum Gasteiger partial charge on any atom is -0.357 e. The first-order valence-electron chi connectivity index (χ1n) is 7.70. The number of hydrogen-bond donors (Lipinski definition) is 2. The molecule has 1 aliphatic rings. The highest BCUT2D eigenvalue weighted by Crippen LogP contribution is 2.24. The Kier molecular flexibility index (Phi) is 8.28. The van der Waals surface area contributed by atoms with E-state index in [1.165, 1.54) is 0 Å². The lowest BCUT2D eigenvalue weighted by atomic mass is 9.96. The highest BCUT2D eigenvalue weighted by atomic mass is 127. The van der Waals surface area contributed by atoms with Gasteiger partial charge in [-0.2, -0.15) is 5.10 Å². The van der Waals surface area contributed by atoms with Crippen LogP contribution in [0.3, 0.4) is 0 Å². The minimum atomic E-state index is 0. The van der Waals surface area contributed by atoms with Crippen molar-refractivity contribution in [3.63, 3.8) is 0 Å².